The third kappa shape index (κ3) is 4.03. The van der Waals surface area contributed by atoms with Crippen LogP contribution in [0.1, 0.15) is 48.3 Å². The molecule has 1 aliphatic heterocycles. The van der Waals surface area contributed by atoms with Crippen molar-refractivity contribution in [1.29, 1.82) is 0 Å². The molecule has 5 nitrogen and oxygen atoms in total. The molecule has 7 heteroatoms. The van der Waals surface area contributed by atoms with E-state index < -0.39 is 10.0 Å². The van der Waals surface area contributed by atoms with E-state index in [1.165, 1.54) is 4.88 Å². The highest BCUT2D eigenvalue weighted by Gasteiger charge is 2.27. The second-order valence-corrected chi connectivity index (χ2v) is 9.14. The molecule has 21 heavy (non-hydrogen) atoms. The van der Waals surface area contributed by atoms with Gasteiger partial charge in [0.1, 0.15) is 0 Å². The molecule has 120 valence electrons. The summed E-state index contributed by atoms with van der Waals surface area (Å²) in [5.41, 5.74) is 1.10. The normalized spacial score (nSPS) is 19.8. The topological polar surface area (TPSA) is 62.3 Å². The highest BCUT2D eigenvalue weighted by molar-refractivity contribution is 7.89. The molecule has 0 saturated carbocycles. The highest BCUT2D eigenvalue weighted by Crippen LogP contribution is 2.26. The number of rotatable bonds is 5. The van der Waals surface area contributed by atoms with Crippen molar-refractivity contribution < 1.29 is 8.42 Å². The number of aryl methyl sites for hydroxylation is 2. The smallest absolute Gasteiger partial charge is 0.213 e. The van der Waals surface area contributed by atoms with Gasteiger partial charge in [0.25, 0.3) is 0 Å². The Morgan fingerprint density at radius 2 is 2.00 bits per heavy atom. The van der Waals surface area contributed by atoms with Crippen molar-refractivity contribution in [3.05, 3.63) is 15.6 Å². The number of nitrogens with one attached hydrogen (secondary N) is 1. The molecular formula is C14H25N3O2S2. The van der Waals surface area contributed by atoms with Gasteiger partial charge in [0.05, 0.1) is 16.5 Å². The second-order valence-electron chi connectivity index (χ2n) is 5.64. The summed E-state index contributed by atoms with van der Waals surface area (Å²) in [4.78, 5) is 5.76. The van der Waals surface area contributed by atoms with Crippen molar-refractivity contribution in [3.8, 4) is 0 Å². The van der Waals surface area contributed by atoms with E-state index in [0.717, 1.165) is 23.5 Å². The van der Waals surface area contributed by atoms with Crippen LogP contribution in [0.2, 0.25) is 0 Å². The van der Waals surface area contributed by atoms with Gasteiger partial charge in [0, 0.05) is 30.1 Å². The molecule has 1 unspecified atom stereocenters. The molecule has 1 fully saturated rings. The number of thiazole rings is 1. The SMILES string of the molecule is CCS(=O)(=O)N1CCC(NC(C)c2sc(C)nc2C)CC1. The van der Waals surface area contributed by atoms with E-state index in [2.05, 4.69) is 17.2 Å². The lowest BCUT2D eigenvalue weighted by Gasteiger charge is -2.33. The number of hydrogen-bond donors (Lipinski definition) is 1. The Morgan fingerprint density at radius 3 is 2.48 bits per heavy atom. The zero-order valence-corrected chi connectivity index (χ0v) is 14.9. The molecule has 0 amide bonds. The Morgan fingerprint density at radius 1 is 1.38 bits per heavy atom. The molecule has 1 atom stereocenters. The lowest BCUT2D eigenvalue weighted by molar-refractivity contribution is 0.278. The van der Waals surface area contributed by atoms with Crippen LogP contribution in [0.5, 0.6) is 0 Å². The zero-order chi connectivity index (χ0) is 15.6. The zero-order valence-electron chi connectivity index (χ0n) is 13.2. The Kier molecular flexibility index (Phi) is 5.40. The molecule has 1 aromatic heterocycles. The van der Waals surface area contributed by atoms with Crippen LogP contribution in [0.3, 0.4) is 0 Å². The molecule has 1 N–H and O–H groups in total. The Hall–Kier alpha value is -0.500. The van der Waals surface area contributed by atoms with Crippen LogP contribution in [-0.4, -0.2) is 42.6 Å². The molecule has 0 bridgehead atoms. The van der Waals surface area contributed by atoms with Gasteiger partial charge in [-0.3, -0.25) is 0 Å². The summed E-state index contributed by atoms with van der Waals surface area (Å²) >= 11 is 1.74. The fourth-order valence-corrected chi connectivity index (χ4v) is 4.93. The van der Waals surface area contributed by atoms with Crippen LogP contribution in [0.25, 0.3) is 0 Å². The standard InChI is InChI=1S/C14H25N3O2S2/c1-5-21(18,19)17-8-6-13(7-9-17)16-11(3)14-10(2)15-12(4)20-14/h11,13,16H,5-9H2,1-4H3. The fourth-order valence-electron chi connectivity index (χ4n) is 2.86. The molecule has 0 radical (unpaired) electrons. The van der Waals surface area contributed by atoms with E-state index in [0.29, 0.717) is 19.1 Å². The number of aromatic nitrogens is 1. The molecule has 0 spiro atoms. The predicted octanol–water partition coefficient (Wildman–Crippen LogP) is 2.22. The molecule has 2 heterocycles. The van der Waals surface area contributed by atoms with Gasteiger partial charge in [-0.25, -0.2) is 17.7 Å². The van der Waals surface area contributed by atoms with E-state index in [1.807, 2.05) is 13.8 Å². The first-order valence-electron chi connectivity index (χ1n) is 7.51. The summed E-state index contributed by atoms with van der Waals surface area (Å²) in [6.45, 7) is 9.20. The molecule has 0 aliphatic carbocycles. The number of sulfonamides is 1. The Bertz CT molecular complexity index is 575. The molecule has 2 rings (SSSR count). The molecule has 1 aromatic rings. The van der Waals surface area contributed by atoms with Gasteiger partial charge in [0.2, 0.25) is 10.0 Å². The summed E-state index contributed by atoms with van der Waals surface area (Å²) in [7, 11) is -3.03. The largest absolute Gasteiger partial charge is 0.307 e. The van der Waals surface area contributed by atoms with E-state index >= 15 is 0 Å². The van der Waals surface area contributed by atoms with Gasteiger partial charge in [-0.05, 0) is 40.5 Å². The molecule has 1 aliphatic rings. The maximum Gasteiger partial charge on any atom is 0.213 e. The van der Waals surface area contributed by atoms with Crippen LogP contribution in [-0.2, 0) is 10.0 Å². The first-order chi connectivity index (χ1) is 9.83. The molecule has 0 aromatic carbocycles. The minimum Gasteiger partial charge on any atom is -0.307 e. The van der Waals surface area contributed by atoms with Crippen molar-refractivity contribution in [1.82, 2.24) is 14.6 Å². The van der Waals surface area contributed by atoms with Gasteiger partial charge in [-0.2, -0.15) is 0 Å². The number of piperidine rings is 1. The average Bonchev–Trinajstić information content (AvgIpc) is 2.78. The maximum absolute atomic E-state index is 11.9. The Labute approximate surface area is 131 Å². The molecular weight excluding hydrogens is 306 g/mol. The van der Waals surface area contributed by atoms with Crippen LogP contribution in [0.15, 0.2) is 0 Å². The fraction of sp³-hybridized carbons (Fsp3) is 0.786. The summed E-state index contributed by atoms with van der Waals surface area (Å²) in [6, 6.07) is 0.653. The quantitative estimate of drug-likeness (QED) is 0.899. The van der Waals surface area contributed by atoms with E-state index in [4.69, 9.17) is 0 Å². The van der Waals surface area contributed by atoms with Crippen LogP contribution in [0, 0.1) is 13.8 Å². The van der Waals surface area contributed by atoms with Crippen molar-refractivity contribution in [2.24, 2.45) is 0 Å². The minimum atomic E-state index is -3.03. The number of hydrogen-bond acceptors (Lipinski definition) is 5. The van der Waals surface area contributed by atoms with Crippen molar-refractivity contribution in [2.45, 2.75) is 52.6 Å². The molecule has 1 saturated heterocycles. The monoisotopic (exact) mass is 331 g/mol. The highest BCUT2D eigenvalue weighted by atomic mass is 32.2. The third-order valence-electron chi connectivity index (χ3n) is 4.03. The van der Waals surface area contributed by atoms with E-state index in [9.17, 15) is 8.42 Å². The average molecular weight is 332 g/mol. The lowest BCUT2D eigenvalue weighted by atomic mass is 10.1. The lowest BCUT2D eigenvalue weighted by Crippen LogP contribution is -2.45. The summed E-state index contributed by atoms with van der Waals surface area (Å²) in [6.07, 6.45) is 1.75. The third-order valence-corrected chi connectivity index (χ3v) is 7.17. The van der Waals surface area contributed by atoms with E-state index in [-0.39, 0.29) is 11.8 Å². The van der Waals surface area contributed by atoms with Gasteiger partial charge < -0.3 is 5.32 Å². The van der Waals surface area contributed by atoms with Crippen molar-refractivity contribution >= 4 is 21.4 Å². The van der Waals surface area contributed by atoms with Crippen molar-refractivity contribution in [3.63, 3.8) is 0 Å². The van der Waals surface area contributed by atoms with Crippen LogP contribution >= 0.6 is 11.3 Å². The summed E-state index contributed by atoms with van der Waals surface area (Å²) in [5, 5.41) is 4.73. The number of nitrogens with zero attached hydrogens (tertiary/aromatic N) is 2. The van der Waals surface area contributed by atoms with Gasteiger partial charge >= 0.3 is 0 Å². The predicted molar refractivity (Wildman–Crippen MR) is 87.2 cm³/mol. The maximum atomic E-state index is 11.9. The van der Waals surface area contributed by atoms with Gasteiger partial charge in [0.15, 0.2) is 0 Å². The Balaban J connectivity index is 1.90. The van der Waals surface area contributed by atoms with Crippen LogP contribution < -0.4 is 5.32 Å². The van der Waals surface area contributed by atoms with Gasteiger partial charge in [-0.15, -0.1) is 11.3 Å². The van der Waals surface area contributed by atoms with E-state index in [1.54, 1.807) is 22.6 Å². The summed E-state index contributed by atoms with van der Waals surface area (Å²) in [5.74, 6) is 0.195. The first kappa shape index (κ1) is 16.9. The van der Waals surface area contributed by atoms with Crippen LogP contribution in [0.4, 0.5) is 0 Å². The van der Waals surface area contributed by atoms with Crippen molar-refractivity contribution in [2.75, 3.05) is 18.8 Å². The summed E-state index contributed by atoms with van der Waals surface area (Å²) < 4.78 is 25.3. The first-order valence-corrected chi connectivity index (χ1v) is 9.94. The minimum absolute atomic E-state index is 0.195. The second kappa shape index (κ2) is 6.73. The van der Waals surface area contributed by atoms with Gasteiger partial charge in [-0.1, -0.05) is 0 Å².